The standard InChI is InChI=1S/C23H44O4.C21H40O5/c1-2-27-21-19-17-15-13-11-9-7-5-3-4-6-8-10-12-14-16-18-20-22(24)23(25)26;1-2-25-18-19-26-17-15-13-11-9-7-5-3-4-6-8-10-12-14-16-20(22)21(23)24/h16,18,22,24H,2-15,17,19-21H2,1H3,(H,25,26);12,14,20,22H,2-11,13,15-19H2,1H3,(H,23,24). The quantitative estimate of drug-likeness (QED) is 0.0354. The van der Waals surface area contributed by atoms with Crippen molar-refractivity contribution in [2.24, 2.45) is 0 Å². The molecule has 0 saturated carbocycles. The van der Waals surface area contributed by atoms with E-state index in [1.807, 2.05) is 19.1 Å². The molecule has 9 heteroatoms. The number of carboxylic acid groups (broad SMARTS) is 2. The number of rotatable bonds is 41. The fourth-order valence-corrected chi connectivity index (χ4v) is 5.86. The van der Waals surface area contributed by atoms with Crippen molar-refractivity contribution in [2.45, 2.75) is 206 Å². The fourth-order valence-electron chi connectivity index (χ4n) is 5.86. The van der Waals surface area contributed by atoms with E-state index in [1.165, 1.54) is 135 Å². The van der Waals surface area contributed by atoms with E-state index in [4.69, 9.17) is 34.6 Å². The minimum Gasteiger partial charge on any atom is -0.479 e. The van der Waals surface area contributed by atoms with Gasteiger partial charge < -0.3 is 34.6 Å². The van der Waals surface area contributed by atoms with E-state index in [0.29, 0.717) is 13.2 Å². The summed E-state index contributed by atoms with van der Waals surface area (Å²) in [6, 6.07) is 0. The zero-order valence-corrected chi connectivity index (χ0v) is 34.3. The third-order valence-electron chi connectivity index (χ3n) is 9.22. The maximum atomic E-state index is 10.4. The second-order valence-corrected chi connectivity index (χ2v) is 14.2. The Bertz CT molecular complexity index is 802. The molecule has 9 nitrogen and oxygen atoms in total. The molecule has 0 aliphatic carbocycles. The number of aliphatic hydroxyl groups is 2. The van der Waals surface area contributed by atoms with E-state index in [0.717, 1.165) is 58.5 Å². The third kappa shape index (κ3) is 48.2. The smallest absolute Gasteiger partial charge is 0.332 e. The van der Waals surface area contributed by atoms with Crippen LogP contribution >= 0.6 is 0 Å². The van der Waals surface area contributed by atoms with Crippen molar-refractivity contribution in [3.8, 4) is 0 Å². The summed E-state index contributed by atoms with van der Waals surface area (Å²) < 4.78 is 16.1. The van der Waals surface area contributed by atoms with Gasteiger partial charge in [0.15, 0.2) is 12.2 Å². The van der Waals surface area contributed by atoms with Crippen molar-refractivity contribution in [3.63, 3.8) is 0 Å². The highest BCUT2D eigenvalue weighted by Gasteiger charge is 2.10. The molecule has 53 heavy (non-hydrogen) atoms. The first-order valence-corrected chi connectivity index (χ1v) is 21.7. The van der Waals surface area contributed by atoms with Crippen LogP contribution in [-0.4, -0.2) is 84.2 Å². The number of hydrogen-bond donors (Lipinski definition) is 4. The molecule has 2 atom stereocenters. The van der Waals surface area contributed by atoms with Crippen molar-refractivity contribution in [1.82, 2.24) is 0 Å². The SMILES string of the molecule is CCOCCCCCCCCCCCCCCCCC=CCC(O)C(=O)O.CCOCCOCCCCCCCCCCCCC=CCC(O)C(=O)O. The van der Waals surface area contributed by atoms with Crippen molar-refractivity contribution >= 4 is 11.9 Å². The molecule has 0 saturated heterocycles. The first-order valence-electron chi connectivity index (χ1n) is 21.7. The normalized spacial score (nSPS) is 12.7. The minimum absolute atomic E-state index is 0.203. The number of aliphatic carboxylic acids is 2. The molecule has 0 aromatic rings. The van der Waals surface area contributed by atoms with E-state index >= 15 is 0 Å². The number of carboxylic acids is 2. The van der Waals surface area contributed by atoms with Crippen molar-refractivity contribution in [1.29, 1.82) is 0 Å². The number of allylic oxidation sites excluding steroid dienone is 2. The lowest BCUT2D eigenvalue weighted by molar-refractivity contribution is -0.147. The van der Waals surface area contributed by atoms with E-state index in [2.05, 4.69) is 6.92 Å². The lowest BCUT2D eigenvalue weighted by atomic mass is 10.0. The summed E-state index contributed by atoms with van der Waals surface area (Å²) in [7, 11) is 0. The van der Waals surface area contributed by atoms with Crippen LogP contribution in [0.3, 0.4) is 0 Å². The zero-order valence-electron chi connectivity index (χ0n) is 34.3. The van der Waals surface area contributed by atoms with Crippen molar-refractivity contribution in [2.75, 3.05) is 39.6 Å². The van der Waals surface area contributed by atoms with E-state index in [-0.39, 0.29) is 12.8 Å². The van der Waals surface area contributed by atoms with Crippen LogP contribution in [0.2, 0.25) is 0 Å². The summed E-state index contributed by atoms with van der Waals surface area (Å²) >= 11 is 0. The molecular weight excluding hydrogens is 672 g/mol. The summed E-state index contributed by atoms with van der Waals surface area (Å²) in [5.74, 6) is -2.30. The number of aliphatic hydroxyl groups excluding tert-OH is 2. The van der Waals surface area contributed by atoms with Gasteiger partial charge >= 0.3 is 11.9 Å². The second kappa shape index (κ2) is 46.4. The van der Waals surface area contributed by atoms with Gasteiger partial charge in [-0.25, -0.2) is 9.59 Å². The lowest BCUT2D eigenvalue weighted by Gasteiger charge is -2.05. The van der Waals surface area contributed by atoms with Gasteiger partial charge in [0.05, 0.1) is 13.2 Å². The van der Waals surface area contributed by atoms with Crippen molar-refractivity contribution < 1.29 is 44.2 Å². The third-order valence-corrected chi connectivity index (χ3v) is 9.22. The Morgan fingerprint density at radius 1 is 0.396 bits per heavy atom. The van der Waals surface area contributed by atoms with Gasteiger partial charge in [-0.1, -0.05) is 153 Å². The van der Waals surface area contributed by atoms with Crippen LogP contribution in [0.15, 0.2) is 24.3 Å². The fraction of sp³-hybridized carbons (Fsp3) is 0.864. The molecule has 0 rings (SSSR count). The van der Waals surface area contributed by atoms with E-state index in [1.54, 1.807) is 12.2 Å². The lowest BCUT2D eigenvalue weighted by Crippen LogP contribution is -2.17. The first kappa shape index (κ1) is 53.3. The minimum atomic E-state index is -1.26. The molecule has 0 radical (unpaired) electrons. The van der Waals surface area contributed by atoms with Gasteiger partial charge in [-0.15, -0.1) is 0 Å². The summed E-state index contributed by atoms with van der Waals surface area (Å²) in [4.78, 5) is 20.9. The maximum Gasteiger partial charge on any atom is 0.332 e. The topological polar surface area (TPSA) is 143 Å². The Labute approximate surface area is 325 Å². The largest absolute Gasteiger partial charge is 0.479 e. The monoisotopic (exact) mass is 757 g/mol. The molecule has 0 aliphatic heterocycles. The molecule has 0 aliphatic rings. The molecule has 0 bridgehead atoms. The van der Waals surface area contributed by atoms with E-state index in [9.17, 15) is 9.59 Å². The molecule has 2 unspecified atom stereocenters. The van der Waals surface area contributed by atoms with Crippen molar-refractivity contribution in [3.05, 3.63) is 24.3 Å². The molecule has 0 fully saturated rings. The average Bonchev–Trinajstić information content (AvgIpc) is 3.14. The summed E-state index contributed by atoms with van der Waals surface area (Å²) in [6.45, 7) is 8.88. The summed E-state index contributed by atoms with van der Waals surface area (Å²) in [5, 5.41) is 35.3. The number of ether oxygens (including phenoxy) is 3. The molecule has 0 amide bonds. The number of carbonyl (C=O) groups is 2. The number of unbranched alkanes of at least 4 members (excludes halogenated alkanes) is 24. The molecule has 4 N–H and O–H groups in total. The Morgan fingerprint density at radius 3 is 0.981 bits per heavy atom. The van der Waals surface area contributed by atoms with Crippen LogP contribution in [0.1, 0.15) is 194 Å². The van der Waals surface area contributed by atoms with Crippen LogP contribution in [0.25, 0.3) is 0 Å². The Morgan fingerprint density at radius 2 is 0.660 bits per heavy atom. The second-order valence-electron chi connectivity index (χ2n) is 14.2. The van der Waals surface area contributed by atoms with Gasteiger partial charge in [-0.3, -0.25) is 0 Å². The van der Waals surface area contributed by atoms with Crippen LogP contribution in [0.5, 0.6) is 0 Å². The van der Waals surface area contributed by atoms with Crippen LogP contribution in [0.4, 0.5) is 0 Å². The average molecular weight is 757 g/mol. The summed E-state index contributed by atoms with van der Waals surface area (Å²) in [6.07, 6.45) is 38.7. The van der Waals surface area contributed by atoms with Gasteiger partial charge in [-0.2, -0.15) is 0 Å². The molecule has 0 aromatic heterocycles. The first-order chi connectivity index (χ1) is 25.9. The zero-order chi connectivity index (χ0) is 39.3. The predicted molar refractivity (Wildman–Crippen MR) is 219 cm³/mol. The van der Waals surface area contributed by atoms with Gasteiger partial charge in [0.25, 0.3) is 0 Å². The Balaban J connectivity index is 0. The molecule has 0 spiro atoms. The Hall–Kier alpha value is -1.78. The molecular formula is C44H84O9. The van der Waals surface area contributed by atoms with Crippen LogP contribution in [0, 0.1) is 0 Å². The molecule has 314 valence electrons. The van der Waals surface area contributed by atoms with E-state index < -0.39 is 24.1 Å². The Kier molecular flexibility index (Phi) is 46.7. The molecule has 0 heterocycles. The van der Waals surface area contributed by atoms with Crippen LogP contribution < -0.4 is 0 Å². The van der Waals surface area contributed by atoms with Crippen LogP contribution in [-0.2, 0) is 23.8 Å². The van der Waals surface area contributed by atoms with Gasteiger partial charge in [0, 0.05) is 39.3 Å². The highest BCUT2D eigenvalue weighted by molar-refractivity contribution is 5.72. The maximum absolute atomic E-state index is 10.4. The van der Waals surface area contributed by atoms with Gasteiger partial charge in [0.2, 0.25) is 0 Å². The van der Waals surface area contributed by atoms with Gasteiger partial charge in [0.1, 0.15) is 0 Å². The summed E-state index contributed by atoms with van der Waals surface area (Å²) in [5.41, 5.74) is 0. The highest BCUT2D eigenvalue weighted by Crippen LogP contribution is 2.14. The number of hydrogen-bond acceptors (Lipinski definition) is 7. The molecule has 0 aromatic carbocycles. The highest BCUT2D eigenvalue weighted by atomic mass is 16.5. The predicted octanol–water partition coefficient (Wildman–Crippen LogP) is 11.0. The van der Waals surface area contributed by atoms with Gasteiger partial charge in [-0.05, 0) is 52.4 Å².